The molecule has 0 heterocycles. The maximum Gasteiger partial charge on any atom is 0.140 e. The van der Waals surface area contributed by atoms with E-state index in [1.54, 1.807) is 0 Å². The van der Waals surface area contributed by atoms with Crippen molar-refractivity contribution in [1.82, 2.24) is 5.32 Å². The zero-order chi connectivity index (χ0) is 10.1. The van der Waals surface area contributed by atoms with Crippen LogP contribution in [0, 0.1) is 5.92 Å². The van der Waals surface area contributed by atoms with E-state index < -0.39 is 0 Å². The molecule has 0 amide bonds. The third-order valence-corrected chi connectivity index (χ3v) is 1.82. The van der Waals surface area contributed by atoms with Crippen molar-refractivity contribution in [1.29, 1.82) is 0 Å². The molecule has 0 spiro atoms. The first-order valence-corrected chi connectivity index (χ1v) is 4.84. The van der Waals surface area contributed by atoms with Gasteiger partial charge in [-0.2, -0.15) is 0 Å². The van der Waals surface area contributed by atoms with Crippen molar-refractivity contribution < 1.29 is 5.21 Å². The number of rotatable bonds is 7. The Balaban J connectivity index is 3.09. The van der Waals surface area contributed by atoms with Crippen LogP contribution in [0.1, 0.15) is 33.1 Å². The van der Waals surface area contributed by atoms with Gasteiger partial charge in [-0.15, -0.1) is 0 Å². The minimum atomic E-state index is 0.288. The van der Waals surface area contributed by atoms with Crippen molar-refractivity contribution in [3.63, 3.8) is 0 Å². The smallest absolute Gasteiger partial charge is 0.140 e. The Kier molecular flexibility index (Phi) is 7.39. The summed E-state index contributed by atoms with van der Waals surface area (Å²) in [5, 5.41) is 14.4. The molecule has 0 atom stereocenters. The van der Waals surface area contributed by atoms with Gasteiger partial charge in [0.25, 0.3) is 0 Å². The first kappa shape index (κ1) is 12.2. The van der Waals surface area contributed by atoms with Gasteiger partial charge in [0.2, 0.25) is 0 Å². The summed E-state index contributed by atoms with van der Waals surface area (Å²) in [5.74, 6) is 1.06. The molecule has 4 heteroatoms. The third kappa shape index (κ3) is 9.14. The van der Waals surface area contributed by atoms with Crippen molar-refractivity contribution in [2.45, 2.75) is 33.1 Å². The molecule has 0 rings (SSSR count). The van der Waals surface area contributed by atoms with Crippen LogP contribution in [0.25, 0.3) is 0 Å². The number of nitrogens with two attached hydrogens (primary N) is 1. The molecule has 0 radical (unpaired) electrons. The van der Waals surface area contributed by atoms with E-state index in [0.717, 1.165) is 19.0 Å². The van der Waals surface area contributed by atoms with Crippen molar-refractivity contribution in [2.75, 3.05) is 13.1 Å². The molecule has 0 aliphatic carbocycles. The summed E-state index contributed by atoms with van der Waals surface area (Å²) in [5.41, 5.74) is 5.30. The molecule has 4 nitrogen and oxygen atoms in total. The highest BCUT2D eigenvalue weighted by Gasteiger charge is 1.94. The molecule has 0 saturated heterocycles. The van der Waals surface area contributed by atoms with E-state index in [1.807, 2.05) is 0 Å². The molecule has 0 bridgehead atoms. The monoisotopic (exact) mass is 187 g/mol. The minimum absolute atomic E-state index is 0.288. The topological polar surface area (TPSA) is 70.6 Å². The summed E-state index contributed by atoms with van der Waals surface area (Å²) in [6, 6.07) is 0. The van der Waals surface area contributed by atoms with Crippen LogP contribution >= 0.6 is 0 Å². The number of nitrogens with one attached hydrogen (secondary N) is 1. The number of amidine groups is 1. The van der Waals surface area contributed by atoms with Gasteiger partial charge in [-0.1, -0.05) is 19.0 Å². The average molecular weight is 187 g/mol. The maximum atomic E-state index is 8.25. The summed E-state index contributed by atoms with van der Waals surface area (Å²) in [6.45, 7) is 6.23. The minimum Gasteiger partial charge on any atom is -0.409 e. The fourth-order valence-corrected chi connectivity index (χ4v) is 1.03. The van der Waals surface area contributed by atoms with E-state index >= 15 is 0 Å². The zero-order valence-electron chi connectivity index (χ0n) is 8.58. The van der Waals surface area contributed by atoms with Gasteiger partial charge in [0, 0.05) is 13.0 Å². The SMILES string of the molecule is CC(C)CCCNCCC(N)=NO. The Morgan fingerprint density at radius 2 is 2.15 bits per heavy atom. The second kappa shape index (κ2) is 7.86. The van der Waals surface area contributed by atoms with Crippen molar-refractivity contribution in [2.24, 2.45) is 16.8 Å². The van der Waals surface area contributed by atoms with Crippen LogP contribution in [0.4, 0.5) is 0 Å². The molecule has 0 unspecified atom stereocenters. The van der Waals surface area contributed by atoms with Gasteiger partial charge in [-0.3, -0.25) is 0 Å². The van der Waals surface area contributed by atoms with E-state index in [0.29, 0.717) is 6.42 Å². The molecule has 0 aromatic heterocycles. The van der Waals surface area contributed by atoms with Gasteiger partial charge in [-0.25, -0.2) is 0 Å². The van der Waals surface area contributed by atoms with E-state index in [1.165, 1.54) is 12.8 Å². The van der Waals surface area contributed by atoms with Gasteiger partial charge in [0.1, 0.15) is 5.84 Å². The summed E-state index contributed by atoms with van der Waals surface area (Å²) in [4.78, 5) is 0. The van der Waals surface area contributed by atoms with E-state index in [4.69, 9.17) is 10.9 Å². The van der Waals surface area contributed by atoms with Gasteiger partial charge >= 0.3 is 0 Å². The largest absolute Gasteiger partial charge is 0.409 e. The maximum absolute atomic E-state index is 8.25. The number of nitrogens with zero attached hydrogens (tertiary/aromatic N) is 1. The second-order valence-electron chi connectivity index (χ2n) is 3.63. The highest BCUT2D eigenvalue weighted by molar-refractivity contribution is 5.79. The summed E-state index contributed by atoms with van der Waals surface area (Å²) in [6.07, 6.45) is 3.04. The lowest BCUT2D eigenvalue weighted by Crippen LogP contribution is -2.23. The van der Waals surface area contributed by atoms with Crippen LogP contribution in [-0.2, 0) is 0 Å². The van der Waals surface area contributed by atoms with E-state index in [-0.39, 0.29) is 5.84 Å². The van der Waals surface area contributed by atoms with Crippen LogP contribution in [0.5, 0.6) is 0 Å². The molecule has 4 N–H and O–H groups in total. The van der Waals surface area contributed by atoms with Crippen molar-refractivity contribution in [3.05, 3.63) is 0 Å². The van der Waals surface area contributed by atoms with Crippen molar-refractivity contribution in [3.8, 4) is 0 Å². The Hall–Kier alpha value is -0.770. The molecule has 0 fully saturated rings. The van der Waals surface area contributed by atoms with Crippen LogP contribution in [-0.4, -0.2) is 24.1 Å². The van der Waals surface area contributed by atoms with Gasteiger partial charge in [-0.05, 0) is 25.3 Å². The molecule has 0 saturated carbocycles. The van der Waals surface area contributed by atoms with Crippen LogP contribution < -0.4 is 11.1 Å². The number of hydrogen-bond donors (Lipinski definition) is 3. The number of hydrogen-bond acceptors (Lipinski definition) is 3. The molecule has 0 aliphatic rings. The molecule has 0 aromatic rings. The molecule has 0 aliphatic heterocycles. The fraction of sp³-hybridized carbons (Fsp3) is 0.889. The van der Waals surface area contributed by atoms with Gasteiger partial charge in [0.15, 0.2) is 0 Å². The average Bonchev–Trinajstić information content (AvgIpc) is 2.10. The van der Waals surface area contributed by atoms with Gasteiger partial charge in [0.05, 0.1) is 0 Å². The fourth-order valence-electron chi connectivity index (χ4n) is 1.03. The van der Waals surface area contributed by atoms with Crippen LogP contribution in [0.15, 0.2) is 5.16 Å². The van der Waals surface area contributed by atoms with E-state index in [9.17, 15) is 0 Å². The van der Waals surface area contributed by atoms with Crippen LogP contribution in [0.3, 0.4) is 0 Å². The number of oxime groups is 1. The lowest BCUT2D eigenvalue weighted by molar-refractivity contribution is 0.316. The second-order valence-corrected chi connectivity index (χ2v) is 3.63. The van der Waals surface area contributed by atoms with Crippen LogP contribution in [0.2, 0.25) is 0 Å². The Labute approximate surface area is 80.2 Å². The Bertz CT molecular complexity index is 146. The van der Waals surface area contributed by atoms with Gasteiger partial charge < -0.3 is 16.3 Å². The first-order chi connectivity index (χ1) is 6.16. The summed E-state index contributed by atoms with van der Waals surface area (Å²) in [7, 11) is 0. The third-order valence-electron chi connectivity index (χ3n) is 1.82. The quantitative estimate of drug-likeness (QED) is 0.184. The molecule has 0 aromatic carbocycles. The normalized spacial score (nSPS) is 12.4. The molecule has 78 valence electrons. The predicted octanol–water partition coefficient (Wildman–Crippen LogP) is 1.15. The molecule has 13 heavy (non-hydrogen) atoms. The lowest BCUT2D eigenvalue weighted by Gasteiger charge is -2.05. The molecular weight excluding hydrogens is 166 g/mol. The predicted molar refractivity (Wildman–Crippen MR) is 55.0 cm³/mol. The summed E-state index contributed by atoms with van der Waals surface area (Å²) >= 11 is 0. The van der Waals surface area contributed by atoms with Crippen molar-refractivity contribution >= 4 is 5.84 Å². The van der Waals surface area contributed by atoms with E-state index in [2.05, 4.69) is 24.3 Å². The first-order valence-electron chi connectivity index (χ1n) is 4.84. The zero-order valence-corrected chi connectivity index (χ0v) is 8.58. The Morgan fingerprint density at radius 3 is 2.69 bits per heavy atom. The molecular formula is C9H21N3O. The standard InChI is InChI=1S/C9H21N3O/c1-8(2)4-3-6-11-7-5-9(10)12-13/h8,11,13H,3-7H2,1-2H3,(H2,10,12). The lowest BCUT2D eigenvalue weighted by atomic mass is 10.1. The highest BCUT2D eigenvalue weighted by atomic mass is 16.4. The summed E-state index contributed by atoms with van der Waals surface area (Å²) < 4.78 is 0. The Morgan fingerprint density at radius 1 is 1.46 bits per heavy atom. The highest BCUT2D eigenvalue weighted by Crippen LogP contribution is 2.01.